The summed E-state index contributed by atoms with van der Waals surface area (Å²) in [7, 11) is 0. The lowest BCUT2D eigenvalue weighted by molar-refractivity contribution is -0.116. The first-order valence-electron chi connectivity index (χ1n) is 5.91. The minimum atomic E-state index is -0.380. The van der Waals surface area contributed by atoms with Crippen molar-refractivity contribution in [2.24, 2.45) is 0 Å². The van der Waals surface area contributed by atoms with Gasteiger partial charge in [0.15, 0.2) is 5.13 Å². The fraction of sp³-hybridized carbons (Fsp3) is 0.231. The van der Waals surface area contributed by atoms with E-state index in [1.54, 1.807) is 23.7 Å². The molecular formula is C13H14FN3OS. The Hall–Kier alpha value is -1.95. The number of halogens is 1. The third-order valence-electron chi connectivity index (χ3n) is 2.57. The average molecular weight is 279 g/mol. The monoisotopic (exact) mass is 279 g/mol. The van der Waals surface area contributed by atoms with Crippen LogP contribution in [0, 0.1) is 5.82 Å². The second-order valence-corrected chi connectivity index (χ2v) is 4.83. The lowest BCUT2D eigenvalue weighted by Gasteiger charge is -2.17. The Labute approximate surface area is 114 Å². The Kier molecular flexibility index (Phi) is 4.46. The molecular weight excluding hydrogens is 265 g/mol. The van der Waals surface area contributed by atoms with Gasteiger partial charge in [0.05, 0.1) is 0 Å². The molecule has 2 rings (SSSR count). The van der Waals surface area contributed by atoms with Gasteiger partial charge in [0.25, 0.3) is 0 Å². The normalized spacial score (nSPS) is 11.9. The molecule has 1 amide bonds. The molecule has 0 bridgehead atoms. The van der Waals surface area contributed by atoms with Gasteiger partial charge in [-0.05, 0) is 30.7 Å². The highest BCUT2D eigenvalue weighted by Gasteiger charge is 2.17. The molecule has 0 saturated carbocycles. The van der Waals surface area contributed by atoms with E-state index in [9.17, 15) is 9.18 Å². The molecule has 2 aromatic rings. The number of nitrogens with zero attached hydrogens (tertiary/aromatic N) is 1. The van der Waals surface area contributed by atoms with Crippen LogP contribution in [0.15, 0.2) is 35.8 Å². The predicted octanol–water partition coefficient (Wildman–Crippen LogP) is 3.11. The number of benzene rings is 1. The number of rotatable bonds is 5. The molecule has 100 valence electrons. The molecule has 0 aliphatic heterocycles. The van der Waals surface area contributed by atoms with Gasteiger partial charge in [0, 0.05) is 17.3 Å². The highest BCUT2D eigenvalue weighted by Crippen LogP contribution is 2.14. The lowest BCUT2D eigenvalue weighted by Crippen LogP contribution is -2.34. The minimum absolute atomic E-state index is 0.151. The number of carbonyl (C=O) groups excluding carboxylic acids is 1. The zero-order valence-electron chi connectivity index (χ0n) is 10.4. The molecule has 0 spiro atoms. The van der Waals surface area contributed by atoms with Crippen molar-refractivity contribution in [3.63, 3.8) is 0 Å². The van der Waals surface area contributed by atoms with Crippen LogP contribution in [0.3, 0.4) is 0 Å². The third-order valence-corrected chi connectivity index (χ3v) is 3.26. The van der Waals surface area contributed by atoms with Crippen LogP contribution in [0.25, 0.3) is 0 Å². The Balaban J connectivity index is 1.99. The maximum atomic E-state index is 12.8. The molecule has 4 nitrogen and oxygen atoms in total. The van der Waals surface area contributed by atoms with Crippen LogP contribution in [0.5, 0.6) is 0 Å². The van der Waals surface area contributed by atoms with Gasteiger partial charge in [0.1, 0.15) is 11.9 Å². The molecule has 0 aliphatic carbocycles. The number of carbonyl (C=O) groups is 1. The summed E-state index contributed by atoms with van der Waals surface area (Å²) >= 11 is 1.37. The van der Waals surface area contributed by atoms with Gasteiger partial charge < -0.3 is 10.6 Å². The fourth-order valence-corrected chi connectivity index (χ4v) is 2.11. The van der Waals surface area contributed by atoms with Crippen molar-refractivity contribution in [3.05, 3.63) is 41.7 Å². The van der Waals surface area contributed by atoms with E-state index in [2.05, 4.69) is 15.6 Å². The van der Waals surface area contributed by atoms with Crippen molar-refractivity contribution in [2.45, 2.75) is 19.4 Å². The van der Waals surface area contributed by atoms with E-state index < -0.39 is 0 Å². The first-order valence-corrected chi connectivity index (χ1v) is 6.79. The molecule has 0 radical (unpaired) electrons. The number of anilines is 2. The van der Waals surface area contributed by atoms with Gasteiger partial charge in [-0.15, -0.1) is 11.3 Å². The van der Waals surface area contributed by atoms with E-state index in [1.807, 2.05) is 6.92 Å². The van der Waals surface area contributed by atoms with Gasteiger partial charge in [-0.3, -0.25) is 4.79 Å². The second-order valence-electron chi connectivity index (χ2n) is 3.94. The third kappa shape index (κ3) is 3.75. The summed E-state index contributed by atoms with van der Waals surface area (Å²) in [5.41, 5.74) is 0.711. The quantitative estimate of drug-likeness (QED) is 0.884. The number of hydrogen-bond donors (Lipinski definition) is 2. The highest BCUT2D eigenvalue weighted by atomic mass is 32.1. The van der Waals surface area contributed by atoms with Crippen LogP contribution in [-0.2, 0) is 4.79 Å². The smallest absolute Gasteiger partial charge is 0.248 e. The summed E-state index contributed by atoms with van der Waals surface area (Å²) < 4.78 is 12.8. The molecule has 2 N–H and O–H groups in total. The topological polar surface area (TPSA) is 54.0 Å². The Morgan fingerprint density at radius 2 is 2.16 bits per heavy atom. The number of nitrogens with one attached hydrogen (secondary N) is 2. The zero-order chi connectivity index (χ0) is 13.7. The van der Waals surface area contributed by atoms with Crippen LogP contribution in [0.1, 0.15) is 13.3 Å². The molecule has 0 saturated heterocycles. The van der Waals surface area contributed by atoms with Crippen LogP contribution in [-0.4, -0.2) is 16.9 Å². The maximum absolute atomic E-state index is 12.8. The molecule has 19 heavy (non-hydrogen) atoms. The van der Waals surface area contributed by atoms with Crippen LogP contribution in [0.2, 0.25) is 0 Å². The summed E-state index contributed by atoms with van der Waals surface area (Å²) in [6.45, 7) is 1.91. The number of thiazole rings is 1. The van der Waals surface area contributed by atoms with Crippen molar-refractivity contribution in [3.8, 4) is 0 Å². The lowest BCUT2D eigenvalue weighted by atomic mass is 10.2. The molecule has 1 atom stereocenters. The molecule has 0 unspecified atom stereocenters. The van der Waals surface area contributed by atoms with E-state index >= 15 is 0 Å². The van der Waals surface area contributed by atoms with Gasteiger partial charge >= 0.3 is 0 Å². The van der Waals surface area contributed by atoms with Gasteiger partial charge in [-0.1, -0.05) is 6.92 Å². The molecule has 0 aliphatic rings. The van der Waals surface area contributed by atoms with Gasteiger partial charge in [-0.25, -0.2) is 9.37 Å². The number of hydrogen-bond acceptors (Lipinski definition) is 4. The first kappa shape index (κ1) is 13.5. The molecule has 1 aromatic heterocycles. The SMILES string of the molecule is CC[C@H](Nc1ccc(F)cc1)C(=O)Nc1nccs1. The number of aromatic nitrogens is 1. The highest BCUT2D eigenvalue weighted by molar-refractivity contribution is 7.13. The molecule has 1 aromatic carbocycles. The van der Waals surface area contributed by atoms with Crippen LogP contribution in [0.4, 0.5) is 15.2 Å². The summed E-state index contributed by atoms with van der Waals surface area (Å²) in [6.07, 6.45) is 2.25. The van der Waals surface area contributed by atoms with Gasteiger partial charge in [0.2, 0.25) is 5.91 Å². The summed E-state index contributed by atoms with van der Waals surface area (Å²) in [5, 5.41) is 8.17. The second kappa shape index (κ2) is 6.29. The largest absolute Gasteiger partial charge is 0.374 e. The Bertz CT molecular complexity index is 527. The van der Waals surface area contributed by atoms with Crippen LogP contribution < -0.4 is 10.6 Å². The molecule has 0 fully saturated rings. The standard InChI is InChI=1S/C13H14FN3OS/c1-2-11(12(18)17-13-15-7-8-19-13)16-10-5-3-9(14)4-6-10/h3-8,11,16H,2H2,1H3,(H,15,17,18)/t11-/m0/s1. The predicted molar refractivity (Wildman–Crippen MR) is 74.8 cm³/mol. The summed E-state index contributed by atoms with van der Waals surface area (Å²) in [5.74, 6) is -0.451. The first-order chi connectivity index (χ1) is 9.19. The maximum Gasteiger partial charge on any atom is 0.248 e. The van der Waals surface area contributed by atoms with E-state index in [0.717, 1.165) is 0 Å². The Morgan fingerprint density at radius 1 is 1.42 bits per heavy atom. The van der Waals surface area contributed by atoms with E-state index in [-0.39, 0.29) is 17.8 Å². The zero-order valence-corrected chi connectivity index (χ0v) is 11.2. The number of amides is 1. The van der Waals surface area contributed by atoms with Crippen molar-refractivity contribution in [1.29, 1.82) is 0 Å². The van der Waals surface area contributed by atoms with Gasteiger partial charge in [-0.2, -0.15) is 0 Å². The van der Waals surface area contributed by atoms with E-state index in [4.69, 9.17) is 0 Å². The van der Waals surface area contributed by atoms with Crippen LogP contribution >= 0.6 is 11.3 Å². The summed E-state index contributed by atoms with van der Waals surface area (Å²) in [4.78, 5) is 16.0. The van der Waals surface area contributed by atoms with Crippen molar-refractivity contribution in [2.75, 3.05) is 10.6 Å². The summed E-state index contributed by atoms with van der Waals surface area (Å²) in [6, 6.07) is 5.54. The van der Waals surface area contributed by atoms with Crippen molar-refractivity contribution < 1.29 is 9.18 Å². The van der Waals surface area contributed by atoms with Crippen molar-refractivity contribution >= 4 is 28.1 Å². The van der Waals surface area contributed by atoms with E-state index in [0.29, 0.717) is 17.2 Å². The van der Waals surface area contributed by atoms with Crippen molar-refractivity contribution in [1.82, 2.24) is 4.98 Å². The molecule has 1 heterocycles. The van der Waals surface area contributed by atoms with E-state index in [1.165, 1.54) is 23.5 Å². The minimum Gasteiger partial charge on any atom is -0.374 e. The fourth-order valence-electron chi connectivity index (χ4n) is 1.58. The Morgan fingerprint density at radius 3 is 2.74 bits per heavy atom. The molecule has 6 heteroatoms. The average Bonchev–Trinajstić information content (AvgIpc) is 2.90.